The topological polar surface area (TPSA) is 106 Å². The zero-order valence-electron chi connectivity index (χ0n) is 17.6. The van der Waals surface area contributed by atoms with Crippen LogP contribution in [0.25, 0.3) is 0 Å². The summed E-state index contributed by atoms with van der Waals surface area (Å²) < 4.78 is 14.7. The van der Waals surface area contributed by atoms with Gasteiger partial charge in [0, 0.05) is 11.1 Å². The van der Waals surface area contributed by atoms with Crippen LogP contribution >= 0.6 is 0 Å². The predicted octanol–water partition coefficient (Wildman–Crippen LogP) is 3.10. The van der Waals surface area contributed by atoms with Crippen LogP contribution in [0.15, 0.2) is 46.3 Å². The number of carbonyl (C=O) groups excluding carboxylic acids is 2. The molecule has 0 aliphatic rings. The SMILES string of the molecule is COC(=O)/C(=C/CCc1ccoc1)CC/C=C(\CC[C@H](O)C(C)(C)O)C(=O)OC. The van der Waals surface area contributed by atoms with Gasteiger partial charge in [0.1, 0.15) is 0 Å². The summed E-state index contributed by atoms with van der Waals surface area (Å²) in [5.74, 6) is -0.890. The molecule has 1 aromatic rings. The summed E-state index contributed by atoms with van der Waals surface area (Å²) in [6.45, 7) is 3.02. The molecule has 0 amide bonds. The summed E-state index contributed by atoms with van der Waals surface area (Å²) in [7, 11) is 2.62. The normalized spacial score (nSPS) is 13.9. The molecule has 0 aromatic carbocycles. The van der Waals surface area contributed by atoms with Gasteiger partial charge in [-0.25, -0.2) is 9.59 Å². The number of aliphatic hydroxyl groups is 2. The maximum absolute atomic E-state index is 12.0. The van der Waals surface area contributed by atoms with Crippen molar-refractivity contribution in [2.45, 2.75) is 64.1 Å². The molecule has 0 aliphatic heterocycles. The van der Waals surface area contributed by atoms with Crippen molar-refractivity contribution in [3.63, 3.8) is 0 Å². The van der Waals surface area contributed by atoms with Crippen molar-refractivity contribution in [1.82, 2.24) is 0 Å². The highest BCUT2D eigenvalue weighted by atomic mass is 16.5. The number of hydrogen-bond acceptors (Lipinski definition) is 7. The van der Waals surface area contributed by atoms with Gasteiger partial charge in [0.05, 0.1) is 38.5 Å². The number of methoxy groups -OCH3 is 2. The van der Waals surface area contributed by atoms with E-state index < -0.39 is 23.6 Å². The second-order valence-corrected chi connectivity index (χ2v) is 7.36. The summed E-state index contributed by atoms with van der Waals surface area (Å²) in [5.41, 5.74) is 0.729. The standard InChI is InChI=1S/C22H32O7/c1-22(2,26)19(23)12-11-18(21(25)28-4)10-6-9-17(20(24)27-3)8-5-7-16-13-14-29-15-16/h8,10,13-15,19,23,26H,5-7,9,11-12H2,1-4H3/b17-8+,18-10+/t19-/m0/s1. The minimum atomic E-state index is -1.25. The molecule has 162 valence electrons. The number of esters is 2. The molecular formula is C22H32O7. The fourth-order valence-corrected chi connectivity index (χ4v) is 2.73. The lowest BCUT2D eigenvalue weighted by atomic mass is 9.95. The zero-order chi connectivity index (χ0) is 21.9. The van der Waals surface area contributed by atoms with Crippen LogP contribution in [0.1, 0.15) is 51.5 Å². The van der Waals surface area contributed by atoms with Crippen molar-refractivity contribution in [3.05, 3.63) is 47.5 Å². The highest BCUT2D eigenvalue weighted by Gasteiger charge is 2.25. The van der Waals surface area contributed by atoms with Gasteiger partial charge in [-0.05, 0) is 64.0 Å². The first-order chi connectivity index (χ1) is 13.7. The average molecular weight is 408 g/mol. The molecule has 1 heterocycles. The molecule has 0 saturated carbocycles. The summed E-state index contributed by atoms with van der Waals surface area (Å²) in [4.78, 5) is 24.0. The Morgan fingerprint density at radius 3 is 2.21 bits per heavy atom. The van der Waals surface area contributed by atoms with Gasteiger partial charge in [0.2, 0.25) is 0 Å². The first-order valence-electron chi connectivity index (χ1n) is 9.65. The molecule has 29 heavy (non-hydrogen) atoms. The van der Waals surface area contributed by atoms with E-state index >= 15 is 0 Å². The molecule has 0 aliphatic carbocycles. The highest BCUT2D eigenvalue weighted by Crippen LogP contribution is 2.19. The number of rotatable bonds is 12. The number of furan rings is 1. The van der Waals surface area contributed by atoms with Gasteiger partial charge >= 0.3 is 11.9 Å². The Kier molecular flexibility index (Phi) is 10.4. The molecule has 0 spiro atoms. The largest absolute Gasteiger partial charge is 0.472 e. The predicted molar refractivity (Wildman–Crippen MR) is 108 cm³/mol. The molecule has 1 aromatic heterocycles. The second-order valence-electron chi connectivity index (χ2n) is 7.36. The number of allylic oxidation sites excluding steroid dienone is 2. The van der Waals surface area contributed by atoms with E-state index in [0.717, 1.165) is 12.0 Å². The Labute approximate surface area is 172 Å². The Hall–Kier alpha value is -2.38. The van der Waals surface area contributed by atoms with Gasteiger partial charge in [-0.3, -0.25) is 0 Å². The third-order valence-electron chi connectivity index (χ3n) is 4.61. The Balaban J connectivity index is 2.72. The third kappa shape index (κ3) is 9.11. The maximum atomic E-state index is 12.0. The maximum Gasteiger partial charge on any atom is 0.333 e. The van der Waals surface area contributed by atoms with Gasteiger partial charge in [0.15, 0.2) is 0 Å². The van der Waals surface area contributed by atoms with E-state index in [2.05, 4.69) is 0 Å². The molecule has 0 saturated heterocycles. The van der Waals surface area contributed by atoms with E-state index in [-0.39, 0.29) is 12.8 Å². The van der Waals surface area contributed by atoms with Gasteiger partial charge in [-0.1, -0.05) is 12.2 Å². The van der Waals surface area contributed by atoms with Crippen molar-refractivity contribution >= 4 is 11.9 Å². The first-order valence-corrected chi connectivity index (χ1v) is 9.65. The Bertz CT molecular complexity index is 693. The highest BCUT2D eigenvalue weighted by molar-refractivity contribution is 5.89. The lowest BCUT2D eigenvalue weighted by Crippen LogP contribution is -2.35. The fourth-order valence-electron chi connectivity index (χ4n) is 2.73. The quantitative estimate of drug-likeness (QED) is 0.404. The smallest absolute Gasteiger partial charge is 0.333 e. The molecule has 0 radical (unpaired) electrons. The number of hydrogen-bond donors (Lipinski definition) is 2. The summed E-state index contributed by atoms with van der Waals surface area (Å²) >= 11 is 0. The molecule has 0 bridgehead atoms. The van der Waals surface area contributed by atoms with E-state index in [1.165, 1.54) is 28.1 Å². The summed E-state index contributed by atoms with van der Waals surface area (Å²) in [6.07, 6.45) is 8.58. The molecule has 2 N–H and O–H groups in total. The minimum Gasteiger partial charge on any atom is -0.472 e. The van der Waals surface area contributed by atoms with E-state index in [1.54, 1.807) is 18.6 Å². The average Bonchev–Trinajstić information content (AvgIpc) is 3.20. The second kappa shape index (κ2) is 12.2. The van der Waals surface area contributed by atoms with Gasteiger partial charge < -0.3 is 24.1 Å². The van der Waals surface area contributed by atoms with E-state index in [1.807, 2.05) is 12.1 Å². The van der Waals surface area contributed by atoms with Gasteiger partial charge in [0.25, 0.3) is 0 Å². The molecule has 1 atom stereocenters. The number of carbonyl (C=O) groups is 2. The van der Waals surface area contributed by atoms with Crippen LogP contribution in [0.5, 0.6) is 0 Å². The summed E-state index contributed by atoms with van der Waals surface area (Å²) in [6, 6.07) is 1.87. The van der Waals surface area contributed by atoms with E-state index in [0.29, 0.717) is 30.4 Å². The van der Waals surface area contributed by atoms with Gasteiger partial charge in [-0.2, -0.15) is 0 Å². The first kappa shape index (κ1) is 24.7. The van der Waals surface area contributed by atoms with Crippen LogP contribution in [0.2, 0.25) is 0 Å². The third-order valence-corrected chi connectivity index (χ3v) is 4.61. The van der Waals surface area contributed by atoms with Crippen molar-refractivity contribution in [2.24, 2.45) is 0 Å². The Morgan fingerprint density at radius 1 is 1.10 bits per heavy atom. The van der Waals surface area contributed by atoms with Crippen LogP contribution in [0, 0.1) is 0 Å². The van der Waals surface area contributed by atoms with E-state index in [4.69, 9.17) is 13.9 Å². The molecule has 0 unspecified atom stereocenters. The van der Waals surface area contributed by atoms with E-state index in [9.17, 15) is 19.8 Å². The molecule has 7 nitrogen and oxygen atoms in total. The van der Waals surface area contributed by atoms with Crippen LogP contribution in [-0.2, 0) is 25.5 Å². The number of aryl methyl sites for hydroxylation is 1. The fraction of sp³-hybridized carbons (Fsp3) is 0.545. The lowest BCUT2D eigenvalue weighted by Gasteiger charge is -2.24. The van der Waals surface area contributed by atoms with Crippen molar-refractivity contribution in [1.29, 1.82) is 0 Å². The van der Waals surface area contributed by atoms with Crippen molar-refractivity contribution in [2.75, 3.05) is 14.2 Å². The van der Waals surface area contributed by atoms with Crippen LogP contribution in [-0.4, -0.2) is 48.1 Å². The lowest BCUT2D eigenvalue weighted by molar-refractivity contribution is -0.137. The van der Waals surface area contributed by atoms with Crippen molar-refractivity contribution in [3.8, 4) is 0 Å². The molecule has 7 heteroatoms. The molecular weight excluding hydrogens is 376 g/mol. The molecule has 0 fully saturated rings. The number of ether oxygens (including phenoxy) is 2. The number of aliphatic hydroxyl groups excluding tert-OH is 1. The van der Waals surface area contributed by atoms with Crippen LogP contribution in [0.4, 0.5) is 0 Å². The van der Waals surface area contributed by atoms with Crippen LogP contribution < -0.4 is 0 Å². The minimum absolute atomic E-state index is 0.217. The van der Waals surface area contributed by atoms with Gasteiger partial charge in [-0.15, -0.1) is 0 Å². The monoisotopic (exact) mass is 408 g/mol. The Morgan fingerprint density at radius 2 is 1.69 bits per heavy atom. The van der Waals surface area contributed by atoms with Crippen molar-refractivity contribution < 1.29 is 33.7 Å². The van der Waals surface area contributed by atoms with Crippen LogP contribution in [0.3, 0.4) is 0 Å². The zero-order valence-corrected chi connectivity index (χ0v) is 17.6. The molecule has 1 rings (SSSR count). The summed E-state index contributed by atoms with van der Waals surface area (Å²) in [5, 5.41) is 19.8.